The van der Waals surface area contributed by atoms with Crippen LogP contribution in [0, 0.1) is 11.6 Å². The molecular formula is C24H24F3N5O3. The maximum absolute atomic E-state index is 14.4. The molecule has 8 nitrogen and oxygen atoms in total. The van der Waals surface area contributed by atoms with Crippen molar-refractivity contribution in [2.75, 3.05) is 25.0 Å². The molecule has 0 spiro atoms. The topological polar surface area (TPSA) is 120 Å². The van der Waals surface area contributed by atoms with Crippen LogP contribution >= 0.6 is 0 Å². The van der Waals surface area contributed by atoms with Gasteiger partial charge in [0.2, 0.25) is 0 Å². The number of rotatable bonds is 9. The summed E-state index contributed by atoms with van der Waals surface area (Å²) >= 11 is 0. The summed E-state index contributed by atoms with van der Waals surface area (Å²) in [5.74, 6) is -1.32. The van der Waals surface area contributed by atoms with Crippen LogP contribution in [0.4, 0.5) is 19.0 Å². The highest BCUT2D eigenvalue weighted by molar-refractivity contribution is 5.95. The van der Waals surface area contributed by atoms with E-state index in [1.165, 1.54) is 36.5 Å². The van der Waals surface area contributed by atoms with Crippen molar-refractivity contribution in [3.05, 3.63) is 71.6 Å². The van der Waals surface area contributed by atoms with Gasteiger partial charge in [-0.25, -0.2) is 13.2 Å². The highest BCUT2D eigenvalue weighted by atomic mass is 19.1. The number of hydrogen-bond acceptors (Lipinski definition) is 7. The molecule has 1 aromatic carbocycles. The van der Waals surface area contributed by atoms with Gasteiger partial charge in [-0.05, 0) is 55.3 Å². The SMILES string of the molecule is O=C(NC[C@H](O)CO)c1ccc(F)c(-c2ccc(NCC3(c4ncccc4F)CC(F)C3)nn2)c1. The second-order valence-electron chi connectivity index (χ2n) is 8.52. The smallest absolute Gasteiger partial charge is 0.251 e. The van der Waals surface area contributed by atoms with E-state index in [9.17, 15) is 23.1 Å². The lowest BCUT2D eigenvalue weighted by molar-refractivity contribution is 0.0802. The number of pyridine rings is 1. The first kappa shape index (κ1) is 24.6. The van der Waals surface area contributed by atoms with Gasteiger partial charge in [-0.1, -0.05) is 0 Å². The Morgan fingerprint density at radius 2 is 1.94 bits per heavy atom. The van der Waals surface area contributed by atoms with Gasteiger partial charge in [0.1, 0.15) is 23.6 Å². The third-order valence-corrected chi connectivity index (χ3v) is 5.97. The first-order chi connectivity index (χ1) is 16.8. The van der Waals surface area contributed by atoms with Crippen molar-refractivity contribution in [2.45, 2.75) is 30.5 Å². The highest BCUT2D eigenvalue weighted by Gasteiger charge is 2.48. The predicted molar refractivity (Wildman–Crippen MR) is 121 cm³/mol. The molecule has 1 saturated carbocycles. The first-order valence-electron chi connectivity index (χ1n) is 11.0. The molecule has 0 radical (unpaired) electrons. The van der Waals surface area contributed by atoms with Gasteiger partial charge in [-0.2, -0.15) is 0 Å². The maximum atomic E-state index is 14.4. The number of nitrogens with zero attached hydrogens (tertiary/aromatic N) is 3. The summed E-state index contributed by atoms with van der Waals surface area (Å²) in [7, 11) is 0. The molecular weight excluding hydrogens is 463 g/mol. The van der Waals surface area contributed by atoms with Crippen molar-refractivity contribution in [2.24, 2.45) is 0 Å². The van der Waals surface area contributed by atoms with Crippen LogP contribution in [0.5, 0.6) is 0 Å². The van der Waals surface area contributed by atoms with Gasteiger partial charge >= 0.3 is 0 Å². The molecule has 1 amide bonds. The van der Waals surface area contributed by atoms with Crippen molar-refractivity contribution in [3.63, 3.8) is 0 Å². The minimum absolute atomic E-state index is 0.0469. The summed E-state index contributed by atoms with van der Waals surface area (Å²) in [4.78, 5) is 16.4. The Kier molecular flexibility index (Phi) is 7.27. The Balaban J connectivity index is 1.46. The highest BCUT2D eigenvalue weighted by Crippen LogP contribution is 2.45. The number of halogens is 3. The van der Waals surface area contributed by atoms with Gasteiger partial charge in [0.15, 0.2) is 0 Å². The monoisotopic (exact) mass is 487 g/mol. The molecule has 35 heavy (non-hydrogen) atoms. The molecule has 184 valence electrons. The van der Waals surface area contributed by atoms with E-state index in [1.54, 1.807) is 6.07 Å². The number of anilines is 1. The number of alkyl halides is 1. The van der Waals surface area contributed by atoms with Gasteiger partial charge in [0.25, 0.3) is 5.91 Å². The van der Waals surface area contributed by atoms with E-state index < -0.39 is 41.8 Å². The van der Waals surface area contributed by atoms with E-state index >= 15 is 0 Å². The fraction of sp³-hybridized carbons (Fsp3) is 0.333. The Morgan fingerprint density at radius 1 is 1.14 bits per heavy atom. The van der Waals surface area contributed by atoms with E-state index in [4.69, 9.17) is 5.11 Å². The van der Waals surface area contributed by atoms with Crippen LogP contribution in [0.3, 0.4) is 0 Å². The van der Waals surface area contributed by atoms with E-state index in [1.807, 2.05) is 0 Å². The molecule has 4 N–H and O–H groups in total. The second kappa shape index (κ2) is 10.4. The largest absolute Gasteiger partial charge is 0.394 e. The van der Waals surface area contributed by atoms with Gasteiger partial charge < -0.3 is 20.8 Å². The molecule has 2 aromatic heterocycles. The number of carbonyl (C=O) groups is 1. The number of benzene rings is 1. The van der Waals surface area contributed by atoms with Crippen molar-refractivity contribution in [3.8, 4) is 11.3 Å². The second-order valence-corrected chi connectivity index (χ2v) is 8.52. The lowest BCUT2D eigenvalue weighted by Gasteiger charge is -2.44. The van der Waals surface area contributed by atoms with E-state index in [0.717, 1.165) is 6.07 Å². The molecule has 1 fully saturated rings. The summed E-state index contributed by atoms with van der Waals surface area (Å²) in [6.45, 7) is -0.467. The molecule has 0 aliphatic heterocycles. The zero-order chi connectivity index (χ0) is 25.0. The average Bonchev–Trinajstić information content (AvgIpc) is 2.85. The maximum Gasteiger partial charge on any atom is 0.251 e. The first-order valence-corrected chi connectivity index (χ1v) is 11.0. The third-order valence-electron chi connectivity index (χ3n) is 5.97. The standard InChI is InChI=1S/C24H24F3N5O3/c25-15-9-24(10-15,22-19(27)2-1-7-28-22)13-30-21-6-5-20(31-32-21)17-8-14(3-4-18(17)26)23(35)29-11-16(34)12-33/h1-8,15-16,33-34H,9-13H2,(H,29,35)(H,30,32)/t15?,16-,24?/m0/s1. The van der Waals surface area contributed by atoms with Gasteiger partial charge in [0, 0.05) is 35.8 Å². The van der Waals surface area contributed by atoms with E-state index in [0.29, 0.717) is 5.82 Å². The van der Waals surface area contributed by atoms with Crippen molar-refractivity contribution >= 4 is 11.7 Å². The summed E-state index contributed by atoms with van der Waals surface area (Å²) in [6.07, 6.45) is -0.401. The van der Waals surface area contributed by atoms with Crippen LogP contribution in [0.1, 0.15) is 28.9 Å². The number of carbonyl (C=O) groups excluding carboxylic acids is 1. The van der Waals surface area contributed by atoms with Crippen LogP contribution in [0.2, 0.25) is 0 Å². The van der Waals surface area contributed by atoms with Gasteiger partial charge in [0.05, 0.1) is 24.1 Å². The number of aromatic nitrogens is 3. The Hall–Kier alpha value is -3.57. The number of amides is 1. The normalized spacial score (nSPS) is 20.1. The van der Waals surface area contributed by atoms with Crippen LogP contribution in [0.15, 0.2) is 48.7 Å². The number of nitrogens with one attached hydrogen (secondary N) is 2. The quantitative estimate of drug-likeness (QED) is 0.366. The van der Waals surface area contributed by atoms with Crippen LogP contribution in [-0.4, -0.2) is 63.3 Å². The average molecular weight is 487 g/mol. The third kappa shape index (κ3) is 5.41. The molecule has 1 aliphatic rings. The molecule has 0 saturated heterocycles. The summed E-state index contributed by atoms with van der Waals surface area (Å²) in [5.41, 5.74) is -0.236. The minimum atomic E-state index is -1.10. The Bertz CT molecular complexity index is 1190. The number of aliphatic hydroxyl groups is 2. The molecule has 0 bridgehead atoms. The van der Waals surface area contributed by atoms with Crippen LogP contribution < -0.4 is 10.6 Å². The zero-order valence-corrected chi connectivity index (χ0v) is 18.6. The molecule has 3 aromatic rings. The van der Waals surface area contributed by atoms with Crippen LogP contribution in [0.25, 0.3) is 11.3 Å². The van der Waals surface area contributed by atoms with Crippen molar-refractivity contribution in [1.82, 2.24) is 20.5 Å². The molecule has 1 aliphatic carbocycles. The molecule has 1 atom stereocenters. The minimum Gasteiger partial charge on any atom is -0.394 e. The van der Waals surface area contributed by atoms with Crippen molar-refractivity contribution in [1.29, 1.82) is 0 Å². The van der Waals surface area contributed by atoms with E-state index in [-0.39, 0.29) is 48.4 Å². The molecule has 4 rings (SSSR count). The lowest BCUT2D eigenvalue weighted by Crippen LogP contribution is -2.49. The molecule has 2 heterocycles. The number of hydrogen-bond donors (Lipinski definition) is 4. The fourth-order valence-corrected chi connectivity index (χ4v) is 4.06. The number of aliphatic hydroxyl groups excluding tert-OH is 2. The van der Waals surface area contributed by atoms with Crippen molar-refractivity contribution < 1.29 is 28.2 Å². The summed E-state index contributed by atoms with van der Waals surface area (Å²) in [5, 5.41) is 31.8. The lowest BCUT2D eigenvalue weighted by atomic mass is 9.65. The predicted octanol–water partition coefficient (Wildman–Crippen LogP) is 2.38. The molecule has 0 unspecified atom stereocenters. The Morgan fingerprint density at radius 3 is 2.60 bits per heavy atom. The Labute approximate surface area is 199 Å². The fourth-order valence-electron chi connectivity index (χ4n) is 4.06. The summed E-state index contributed by atoms with van der Waals surface area (Å²) in [6, 6.07) is 9.55. The van der Waals surface area contributed by atoms with E-state index in [2.05, 4.69) is 25.8 Å². The molecule has 11 heteroatoms. The van der Waals surface area contributed by atoms with Crippen LogP contribution in [-0.2, 0) is 5.41 Å². The van der Waals surface area contributed by atoms with Gasteiger partial charge in [-0.15, -0.1) is 10.2 Å². The zero-order valence-electron chi connectivity index (χ0n) is 18.6. The summed E-state index contributed by atoms with van der Waals surface area (Å²) < 4.78 is 42.5. The van der Waals surface area contributed by atoms with Gasteiger partial charge in [-0.3, -0.25) is 9.78 Å².